The molecule has 2 aromatic heterocycles. The first-order valence-electron chi connectivity index (χ1n) is 6.04. The minimum absolute atomic E-state index is 0.0248. The zero-order valence-electron chi connectivity index (χ0n) is 10.9. The smallest absolute Gasteiger partial charge is 0.340 e. The molecule has 0 saturated carbocycles. The fourth-order valence-corrected chi connectivity index (χ4v) is 2.76. The molecule has 0 atom stereocenters. The van der Waals surface area contributed by atoms with Crippen LogP contribution in [-0.4, -0.2) is 13.4 Å². The molecule has 8 heteroatoms. The molecule has 3 rings (SSSR count). The second kappa shape index (κ2) is 5.43. The Hall–Kier alpha value is -2.38. The van der Waals surface area contributed by atoms with Crippen LogP contribution in [0, 0.1) is 0 Å². The molecule has 0 saturated heterocycles. The molecule has 0 N–H and O–H groups in total. The average molecular weight is 338 g/mol. The van der Waals surface area contributed by atoms with Crippen LogP contribution in [0.5, 0.6) is 5.75 Å². The Morgan fingerprint density at radius 3 is 2.59 bits per heavy atom. The van der Waals surface area contributed by atoms with Gasteiger partial charge >= 0.3 is 15.7 Å². The summed E-state index contributed by atoms with van der Waals surface area (Å²) in [7, 11) is -4.05. The molecule has 0 aliphatic rings. The molecule has 0 aliphatic carbocycles. The maximum Gasteiger partial charge on any atom is 0.340 e. The summed E-state index contributed by atoms with van der Waals surface area (Å²) in [5.74, 6) is 0.0248. The Bertz CT molecular complexity index is 996. The van der Waals surface area contributed by atoms with Crippen molar-refractivity contribution in [3.63, 3.8) is 0 Å². The van der Waals surface area contributed by atoms with Crippen molar-refractivity contribution in [2.24, 2.45) is 0 Å². The number of nitrogens with zero attached hydrogens (tertiary/aromatic N) is 1. The van der Waals surface area contributed by atoms with E-state index < -0.39 is 15.7 Å². The Morgan fingerprint density at radius 1 is 1.09 bits per heavy atom. The second-order valence-corrected chi connectivity index (χ2v) is 6.24. The molecule has 0 amide bonds. The van der Waals surface area contributed by atoms with Crippen molar-refractivity contribution in [2.45, 2.75) is 4.90 Å². The fraction of sp³-hybridized carbons (Fsp3) is 0. The van der Waals surface area contributed by atoms with Crippen LogP contribution >= 0.6 is 11.6 Å². The van der Waals surface area contributed by atoms with Crippen LogP contribution < -0.4 is 9.81 Å². The molecular formula is C14H8ClNO5S. The van der Waals surface area contributed by atoms with E-state index in [1.807, 2.05) is 0 Å². The van der Waals surface area contributed by atoms with Gasteiger partial charge in [0.25, 0.3) is 0 Å². The third-order valence-electron chi connectivity index (χ3n) is 2.79. The quantitative estimate of drug-likeness (QED) is 0.415. The number of halogens is 1. The van der Waals surface area contributed by atoms with Crippen molar-refractivity contribution in [1.82, 2.24) is 4.98 Å². The van der Waals surface area contributed by atoms with Crippen molar-refractivity contribution in [2.75, 3.05) is 0 Å². The lowest BCUT2D eigenvalue weighted by Gasteiger charge is -2.07. The number of rotatable bonds is 3. The molecule has 3 aromatic rings. The van der Waals surface area contributed by atoms with Crippen LogP contribution in [0.4, 0.5) is 0 Å². The molecule has 0 radical (unpaired) electrons. The van der Waals surface area contributed by atoms with Crippen molar-refractivity contribution in [3.05, 3.63) is 64.2 Å². The highest BCUT2D eigenvalue weighted by molar-refractivity contribution is 7.87. The summed E-state index contributed by atoms with van der Waals surface area (Å²) in [6.07, 6.45) is 1.10. The van der Waals surface area contributed by atoms with E-state index in [2.05, 4.69) is 4.98 Å². The lowest BCUT2D eigenvalue weighted by molar-refractivity contribution is 0.484. The number of fused-ring (bicyclic) bond motifs is 1. The summed E-state index contributed by atoms with van der Waals surface area (Å²) in [4.78, 5) is 14.7. The Labute approximate surface area is 130 Å². The van der Waals surface area contributed by atoms with E-state index in [1.165, 1.54) is 30.3 Å². The molecule has 22 heavy (non-hydrogen) atoms. The summed E-state index contributed by atoms with van der Waals surface area (Å²) >= 11 is 5.61. The first-order valence-corrected chi connectivity index (χ1v) is 7.83. The van der Waals surface area contributed by atoms with Gasteiger partial charge in [-0.3, -0.25) is 0 Å². The van der Waals surface area contributed by atoms with Crippen LogP contribution in [0.2, 0.25) is 5.15 Å². The molecule has 6 nitrogen and oxygen atoms in total. The molecule has 1 aromatic carbocycles. The maximum atomic E-state index is 12.1. The number of benzene rings is 1. The summed E-state index contributed by atoms with van der Waals surface area (Å²) in [5.41, 5.74) is -0.302. The van der Waals surface area contributed by atoms with E-state index >= 15 is 0 Å². The van der Waals surface area contributed by atoms with Gasteiger partial charge in [-0.2, -0.15) is 8.42 Å². The average Bonchev–Trinajstić information content (AvgIpc) is 2.47. The van der Waals surface area contributed by atoms with Crippen LogP contribution in [0.1, 0.15) is 0 Å². The van der Waals surface area contributed by atoms with Gasteiger partial charge in [0.05, 0.1) is 6.20 Å². The van der Waals surface area contributed by atoms with Crippen LogP contribution in [0.15, 0.2) is 62.8 Å². The molecule has 0 fully saturated rings. The molecule has 0 bridgehead atoms. The number of hydrogen-bond donors (Lipinski definition) is 0. The SMILES string of the molecule is O=c1ccc2ccc(OS(=O)(=O)c3ccc(Cl)nc3)cc2o1. The van der Waals surface area contributed by atoms with Gasteiger partial charge in [-0.15, -0.1) is 0 Å². The highest BCUT2D eigenvalue weighted by atomic mass is 35.5. The van der Waals surface area contributed by atoms with Crippen molar-refractivity contribution in [1.29, 1.82) is 0 Å². The third-order valence-corrected chi connectivity index (χ3v) is 4.24. The van der Waals surface area contributed by atoms with Gasteiger partial charge in [0.2, 0.25) is 0 Å². The molecular weight excluding hydrogens is 330 g/mol. The Kier molecular flexibility index (Phi) is 3.59. The fourth-order valence-electron chi connectivity index (χ4n) is 1.78. The predicted octanol–water partition coefficient (Wildman–Crippen LogP) is 2.61. The highest BCUT2D eigenvalue weighted by Crippen LogP contribution is 2.23. The van der Waals surface area contributed by atoms with E-state index in [4.69, 9.17) is 20.2 Å². The maximum absolute atomic E-state index is 12.1. The number of pyridine rings is 1. The Balaban J connectivity index is 1.98. The summed E-state index contributed by atoms with van der Waals surface area (Å²) in [6, 6.07) is 9.86. The minimum atomic E-state index is -4.05. The van der Waals surface area contributed by atoms with E-state index in [1.54, 1.807) is 12.1 Å². The van der Waals surface area contributed by atoms with E-state index in [0.29, 0.717) is 5.39 Å². The lowest BCUT2D eigenvalue weighted by atomic mass is 10.2. The van der Waals surface area contributed by atoms with Crippen LogP contribution in [0.3, 0.4) is 0 Å². The van der Waals surface area contributed by atoms with Crippen molar-refractivity contribution in [3.8, 4) is 5.75 Å². The monoisotopic (exact) mass is 337 g/mol. The van der Waals surface area contributed by atoms with Gasteiger partial charge in [-0.25, -0.2) is 9.78 Å². The van der Waals surface area contributed by atoms with E-state index in [0.717, 1.165) is 6.20 Å². The topological polar surface area (TPSA) is 86.5 Å². The minimum Gasteiger partial charge on any atom is -0.423 e. The third kappa shape index (κ3) is 2.95. The van der Waals surface area contributed by atoms with Crippen molar-refractivity contribution < 1.29 is 17.0 Å². The summed E-state index contributed by atoms with van der Waals surface area (Å²) < 4.78 is 34.2. The highest BCUT2D eigenvalue weighted by Gasteiger charge is 2.17. The second-order valence-electron chi connectivity index (χ2n) is 4.31. The Morgan fingerprint density at radius 2 is 1.86 bits per heavy atom. The van der Waals surface area contributed by atoms with Gasteiger partial charge in [0.15, 0.2) is 0 Å². The van der Waals surface area contributed by atoms with E-state index in [9.17, 15) is 13.2 Å². The standard InChI is InChI=1S/C14H8ClNO5S/c15-13-5-4-11(8-16-13)22(18,19)21-10-3-1-9-2-6-14(17)20-12(9)7-10/h1-8H. The number of aromatic nitrogens is 1. The predicted molar refractivity (Wildman–Crippen MR) is 79.5 cm³/mol. The van der Waals surface area contributed by atoms with Crippen LogP contribution in [-0.2, 0) is 10.1 Å². The first-order chi connectivity index (χ1) is 10.4. The van der Waals surface area contributed by atoms with Crippen LogP contribution in [0.25, 0.3) is 11.0 Å². The zero-order chi connectivity index (χ0) is 15.7. The summed E-state index contributed by atoms with van der Waals surface area (Å²) in [5, 5.41) is 0.823. The summed E-state index contributed by atoms with van der Waals surface area (Å²) in [6.45, 7) is 0. The van der Waals surface area contributed by atoms with Gasteiger partial charge in [-0.05, 0) is 30.3 Å². The van der Waals surface area contributed by atoms with Gasteiger partial charge in [-0.1, -0.05) is 11.6 Å². The lowest BCUT2D eigenvalue weighted by Crippen LogP contribution is -2.10. The largest absolute Gasteiger partial charge is 0.423 e. The van der Waals surface area contributed by atoms with Gasteiger partial charge < -0.3 is 8.60 Å². The molecule has 2 heterocycles. The van der Waals surface area contributed by atoms with Gasteiger partial charge in [0, 0.05) is 17.5 Å². The molecule has 0 aliphatic heterocycles. The zero-order valence-corrected chi connectivity index (χ0v) is 12.5. The molecule has 0 unspecified atom stereocenters. The molecule has 112 valence electrons. The van der Waals surface area contributed by atoms with Crippen molar-refractivity contribution >= 4 is 32.7 Å². The normalized spacial score (nSPS) is 11.5. The molecule has 0 spiro atoms. The first kappa shape index (κ1) is 14.6. The number of hydrogen-bond acceptors (Lipinski definition) is 6. The van der Waals surface area contributed by atoms with E-state index in [-0.39, 0.29) is 21.4 Å². The van der Waals surface area contributed by atoms with Gasteiger partial charge in [0.1, 0.15) is 21.4 Å².